The molecule has 0 bridgehead atoms. The smallest absolute Gasteiger partial charge is 0.171 e. The number of hydrogen-bond donors (Lipinski definition) is 1. The summed E-state index contributed by atoms with van der Waals surface area (Å²) in [5.74, 6) is 2.44. The van der Waals surface area contributed by atoms with Gasteiger partial charge in [0.25, 0.3) is 0 Å². The van der Waals surface area contributed by atoms with Gasteiger partial charge in [-0.2, -0.15) is 0 Å². The molecule has 4 heteroatoms. The van der Waals surface area contributed by atoms with Gasteiger partial charge in [0.15, 0.2) is 6.10 Å². The molecule has 0 radical (unpaired) electrons. The van der Waals surface area contributed by atoms with Gasteiger partial charge >= 0.3 is 0 Å². The molecule has 0 saturated heterocycles. The summed E-state index contributed by atoms with van der Waals surface area (Å²) in [6, 6.07) is 9.58. The van der Waals surface area contributed by atoms with Crippen molar-refractivity contribution in [2.45, 2.75) is 32.9 Å². The first-order valence-corrected chi connectivity index (χ1v) is 7.01. The SMILES string of the molecule is Cc1ccc(C(Oc2ccc(Br)cc2C)C(C)N)o1. The molecule has 2 atom stereocenters. The lowest BCUT2D eigenvalue weighted by Crippen LogP contribution is -2.28. The molecule has 0 aliphatic heterocycles. The van der Waals surface area contributed by atoms with Crippen LogP contribution in [0.15, 0.2) is 39.2 Å². The van der Waals surface area contributed by atoms with Gasteiger partial charge in [0.1, 0.15) is 17.3 Å². The molecule has 102 valence electrons. The number of ether oxygens (including phenoxy) is 1. The van der Waals surface area contributed by atoms with Crippen molar-refractivity contribution in [3.63, 3.8) is 0 Å². The third kappa shape index (κ3) is 3.39. The molecule has 0 spiro atoms. The summed E-state index contributed by atoms with van der Waals surface area (Å²) in [6.07, 6.45) is -0.284. The van der Waals surface area contributed by atoms with Gasteiger partial charge in [-0.15, -0.1) is 0 Å². The minimum absolute atomic E-state index is 0.159. The van der Waals surface area contributed by atoms with Gasteiger partial charge in [-0.1, -0.05) is 15.9 Å². The van der Waals surface area contributed by atoms with Crippen molar-refractivity contribution in [3.05, 3.63) is 51.9 Å². The average Bonchev–Trinajstić information content (AvgIpc) is 2.74. The topological polar surface area (TPSA) is 48.4 Å². The van der Waals surface area contributed by atoms with E-state index in [4.69, 9.17) is 14.9 Å². The maximum Gasteiger partial charge on any atom is 0.171 e. The Morgan fingerprint density at radius 3 is 2.47 bits per heavy atom. The number of hydrogen-bond acceptors (Lipinski definition) is 3. The lowest BCUT2D eigenvalue weighted by atomic mass is 10.1. The van der Waals surface area contributed by atoms with Crippen LogP contribution in [-0.4, -0.2) is 6.04 Å². The highest BCUT2D eigenvalue weighted by Crippen LogP contribution is 2.29. The first kappa shape index (κ1) is 14.2. The molecule has 1 aromatic carbocycles. The van der Waals surface area contributed by atoms with Gasteiger partial charge in [-0.3, -0.25) is 0 Å². The van der Waals surface area contributed by atoms with Crippen LogP contribution in [0.3, 0.4) is 0 Å². The van der Waals surface area contributed by atoms with Crippen LogP contribution in [-0.2, 0) is 0 Å². The Morgan fingerprint density at radius 2 is 1.95 bits per heavy atom. The summed E-state index contributed by atoms with van der Waals surface area (Å²) in [4.78, 5) is 0. The van der Waals surface area contributed by atoms with Crippen LogP contribution in [0, 0.1) is 13.8 Å². The molecule has 2 rings (SSSR count). The molecule has 19 heavy (non-hydrogen) atoms. The highest BCUT2D eigenvalue weighted by molar-refractivity contribution is 9.10. The number of aryl methyl sites for hydroxylation is 2. The number of rotatable bonds is 4. The van der Waals surface area contributed by atoms with Crippen LogP contribution >= 0.6 is 15.9 Å². The van der Waals surface area contributed by atoms with E-state index >= 15 is 0 Å². The monoisotopic (exact) mass is 323 g/mol. The minimum atomic E-state index is -0.284. The molecule has 2 unspecified atom stereocenters. The van der Waals surface area contributed by atoms with Crippen molar-refractivity contribution in [1.29, 1.82) is 0 Å². The minimum Gasteiger partial charge on any atom is -0.481 e. The highest BCUT2D eigenvalue weighted by Gasteiger charge is 2.22. The molecule has 1 aromatic heterocycles. The van der Waals surface area contributed by atoms with Crippen molar-refractivity contribution in [2.24, 2.45) is 5.73 Å². The van der Waals surface area contributed by atoms with Crippen LogP contribution in [0.2, 0.25) is 0 Å². The Morgan fingerprint density at radius 1 is 1.21 bits per heavy atom. The molecule has 0 amide bonds. The van der Waals surface area contributed by atoms with Crippen LogP contribution in [0.1, 0.15) is 30.1 Å². The summed E-state index contributed by atoms with van der Waals surface area (Å²) in [5, 5.41) is 0. The van der Waals surface area contributed by atoms with E-state index in [1.165, 1.54) is 0 Å². The van der Waals surface area contributed by atoms with E-state index in [-0.39, 0.29) is 12.1 Å². The summed E-state index contributed by atoms with van der Waals surface area (Å²) in [6.45, 7) is 5.83. The largest absolute Gasteiger partial charge is 0.481 e. The first-order valence-electron chi connectivity index (χ1n) is 6.22. The lowest BCUT2D eigenvalue weighted by molar-refractivity contribution is 0.151. The number of nitrogens with two attached hydrogens (primary N) is 1. The Bertz CT molecular complexity index is 563. The number of furan rings is 1. The van der Waals surface area contributed by atoms with Crippen molar-refractivity contribution < 1.29 is 9.15 Å². The normalized spacial score (nSPS) is 14.2. The quantitative estimate of drug-likeness (QED) is 0.920. The van der Waals surface area contributed by atoms with E-state index in [1.807, 2.05) is 51.1 Å². The molecule has 3 nitrogen and oxygen atoms in total. The van der Waals surface area contributed by atoms with Crippen molar-refractivity contribution >= 4 is 15.9 Å². The van der Waals surface area contributed by atoms with Crippen LogP contribution in [0.4, 0.5) is 0 Å². The van der Waals surface area contributed by atoms with E-state index in [2.05, 4.69) is 15.9 Å². The molecule has 1 heterocycles. The van der Waals surface area contributed by atoms with E-state index in [0.717, 1.165) is 27.3 Å². The van der Waals surface area contributed by atoms with E-state index < -0.39 is 0 Å². The molecule has 2 N–H and O–H groups in total. The second-order valence-corrected chi connectivity index (χ2v) is 5.67. The third-order valence-electron chi connectivity index (χ3n) is 2.91. The summed E-state index contributed by atoms with van der Waals surface area (Å²) < 4.78 is 12.7. The Labute approximate surface area is 121 Å². The molecule has 0 saturated carbocycles. The molecule has 0 aliphatic carbocycles. The van der Waals surface area contributed by atoms with Crippen molar-refractivity contribution in [2.75, 3.05) is 0 Å². The summed E-state index contributed by atoms with van der Waals surface area (Å²) >= 11 is 3.44. The zero-order chi connectivity index (χ0) is 14.0. The highest BCUT2D eigenvalue weighted by atomic mass is 79.9. The Hall–Kier alpha value is -1.26. The van der Waals surface area contributed by atoms with Gasteiger partial charge < -0.3 is 14.9 Å². The number of halogens is 1. The van der Waals surface area contributed by atoms with Gasteiger partial charge in [-0.05, 0) is 56.7 Å². The Kier molecular flexibility index (Phi) is 4.32. The van der Waals surface area contributed by atoms with E-state index in [9.17, 15) is 0 Å². The van der Waals surface area contributed by atoms with Crippen molar-refractivity contribution in [1.82, 2.24) is 0 Å². The molecule has 0 fully saturated rings. The molecule has 0 aliphatic rings. The van der Waals surface area contributed by atoms with Crippen LogP contribution in [0.5, 0.6) is 5.75 Å². The van der Waals surface area contributed by atoms with Gasteiger partial charge in [0, 0.05) is 10.5 Å². The van der Waals surface area contributed by atoms with Gasteiger partial charge in [-0.25, -0.2) is 0 Å². The maximum atomic E-state index is 6.02. The third-order valence-corrected chi connectivity index (χ3v) is 3.40. The zero-order valence-electron chi connectivity index (χ0n) is 11.3. The fraction of sp³-hybridized carbons (Fsp3) is 0.333. The summed E-state index contributed by atoms with van der Waals surface area (Å²) in [7, 11) is 0. The van der Waals surface area contributed by atoms with Crippen LogP contribution in [0.25, 0.3) is 0 Å². The van der Waals surface area contributed by atoms with E-state index in [0.29, 0.717) is 0 Å². The van der Waals surface area contributed by atoms with Crippen molar-refractivity contribution in [3.8, 4) is 5.75 Å². The zero-order valence-corrected chi connectivity index (χ0v) is 12.9. The second-order valence-electron chi connectivity index (χ2n) is 4.76. The number of benzene rings is 1. The fourth-order valence-corrected chi connectivity index (χ4v) is 2.39. The summed E-state index contributed by atoms with van der Waals surface area (Å²) in [5.41, 5.74) is 7.07. The van der Waals surface area contributed by atoms with Gasteiger partial charge in [0.2, 0.25) is 0 Å². The van der Waals surface area contributed by atoms with Crippen LogP contribution < -0.4 is 10.5 Å². The Balaban J connectivity index is 2.26. The average molecular weight is 324 g/mol. The molecule has 2 aromatic rings. The molecular weight excluding hydrogens is 306 g/mol. The first-order chi connectivity index (χ1) is 8.97. The standard InChI is InChI=1S/C15H18BrNO2/c1-9-8-12(16)5-7-13(9)19-15(11(3)17)14-6-4-10(2)18-14/h4-8,11,15H,17H2,1-3H3. The fourth-order valence-electron chi connectivity index (χ4n) is 1.91. The predicted octanol–water partition coefficient (Wildman–Crippen LogP) is 4.13. The maximum absolute atomic E-state index is 6.02. The van der Waals surface area contributed by atoms with Gasteiger partial charge in [0.05, 0.1) is 0 Å². The molecular formula is C15H18BrNO2. The predicted molar refractivity (Wildman–Crippen MR) is 79.3 cm³/mol. The lowest BCUT2D eigenvalue weighted by Gasteiger charge is -2.21. The van der Waals surface area contributed by atoms with E-state index in [1.54, 1.807) is 0 Å². The second kappa shape index (κ2) is 5.80.